The Hall–Kier alpha value is -0.390. The zero-order valence-corrected chi connectivity index (χ0v) is 11.0. The molecule has 1 aliphatic rings. The van der Waals surface area contributed by atoms with Gasteiger partial charge in [-0.05, 0) is 31.2 Å². The lowest BCUT2D eigenvalue weighted by atomic mass is 10.2. The largest absolute Gasteiger partial charge is 0.308 e. The molecule has 0 aliphatic carbocycles. The van der Waals surface area contributed by atoms with Crippen LogP contribution in [0.25, 0.3) is 0 Å². The zero-order chi connectivity index (χ0) is 11.6. The SMILES string of the molecule is CC(NCC1CCCS1(=O)=O)c1cccs1. The number of thiophene rings is 1. The topological polar surface area (TPSA) is 46.2 Å². The molecule has 2 atom stereocenters. The highest BCUT2D eigenvalue weighted by Crippen LogP contribution is 2.22. The number of hydrogen-bond donors (Lipinski definition) is 1. The number of sulfone groups is 1. The van der Waals surface area contributed by atoms with E-state index in [1.807, 2.05) is 11.4 Å². The number of nitrogens with one attached hydrogen (secondary N) is 1. The van der Waals surface area contributed by atoms with Gasteiger partial charge < -0.3 is 5.32 Å². The van der Waals surface area contributed by atoms with E-state index in [2.05, 4.69) is 18.3 Å². The van der Waals surface area contributed by atoms with E-state index in [9.17, 15) is 8.42 Å². The van der Waals surface area contributed by atoms with Crippen molar-refractivity contribution in [2.45, 2.75) is 31.1 Å². The van der Waals surface area contributed by atoms with Crippen molar-refractivity contribution < 1.29 is 8.42 Å². The molecule has 0 bridgehead atoms. The van der Waals surface area contributed by atoms with Crippen LogP contribution in [-0.4, -0.2) is 26.0 Å². The van der Waals surface area contributed by atoms with Crippen molar-refractivity contribution in [2.24, 2.45) is 0 Å². The first kappa shape index (κ1) is 12.1. The Morgan fingerprint density at radius 1 is 1.62 bits per heavy atom. The van der Waals surface area contributed by atoms with Gasteiger partial charge in [-0.25, -0.2) is 8.42 Å². The normalized spacial score (nSPS) is 25.7. The standard InChI is InChI=1S/C11H17NO2S2/c1-9(11-5-2-6-15-11)12-8-10-4-3-7-16(10,13)14/h2,5-6,9-10,12H,3-4,7-8H2,1H3. The maximum absolute atomic E-state index is 11.6. The van der Waals surface area contributed by atoms with Crippen LogP contribution in [0, 0.1) is 0 Å². The molecule has 0 saturated carbocycles. The van der Waals surface area contributed by atoms with E-state index in [4.69, 9.17) is 0 Å². The van der Waals surface area contributed by atoms with Gasteiger partial charge in [0.25, 0.3) is 0 Å². The summed E-state index contributed by atoms with van der Waals surface area (Å²) in [5, 5.41) is 5.18. The van der Waals surface area contributed by atoms with Crippen LogP contribution < -0.4 is 5.32 Å². The van der Waals surface area contributed by atoms with Crippen LogP contribution in [0.2, 0.25) is 0 Å². The molecule has 1 aromatic heterocycles. The zero-order valence-electron chi connectivity index (χ0n) is 9.35. The van der Waals surface area contributed by atoms with E-state index in [1.165, 1.54) is 4.88 Å². The highest BCUT2D eigenvalue weighted by atomic mass is 32.2. The molecule has 5 heteroatoms. The van der Waals surface area contributed by atoms with Gasteiger partial charge in [-0.15, -0.1) is 11.3 Å². The lowest BCUT2D eigenvalue weighted by Crippen LogP contribution is -2.31. The van der Waals surface area contributed by atoms with E-state index >= 15 is 0 Å². The smallest absolute Gasteiger partial charge is 0.154 e. The summed E-state index contributed by atoms with van der Waals surface area (Å²) in [7, 11) is -2.81. The van der Waals surface area contributed by atoms with Crippen LogP contribution >= 0.6 is 11.3 Å². The van der Waals surface area contributed by atoms with Gasteiger partial charge in [0.15, 0.2) is 9.84 Å². The Morgan fingerprint density at radius 3 is 3.00 bits per heavy atom. The molecule has 1 aliphatic heterocycles. The van der Waals surface area contributed by atoms with Crippen molar-refractivity contribution in [3.63, 3.8) is 0 Å². The van der Waals surface area contributed by atoms with Crippen molar-refractivity contribution in [1.82, 2.24) is 5.32 Å². The average molecular weight is 259 g/mol. The third-order valence-corrected chi connectivity index (χ3v) is 6.42. The first-order valence-corrected chi connectivity index (χ1v) is 8.17. The Morgan fingerprint density at radius 2 is 2.44 bits per heavy atom. The minimum atomic E-state index is -2.81. The molecule has 2 unspecified atom stereocenters. The van der Waals surface area contributed by atoms with E-state index in [0.29, 0.717) is 12.3 Å². The second-order valence-electron chi connectivity index (χ2n) is 4.28. The average Bonchev–Trinajstić information content (AvgIpc) is 2.83. The van der Waals surface area contributed by atoms with Crippen molar-refractivity contribution in [3.8, 4) is 0 Å². The molecule has 0 amide bonds. The van der Waals surface area contributed by atoms with Gasteiger partial charge >= 0.3 is 0 Å². The molecule has 0 radical (unpaired) electrons. The molecule has 0 spiro atoms. The van der Waals surface area contributed by atoms with E-state index in [-0.39, 0.29) is 11.3 Å². The second-order valence-corrected chi connectivity index (χ2v) is 7.66. The predicted molar refractivity (Wildman–Crippen MR) is 67.5 cm³/mol. The van der Waals surface area contributed by atoms with Crippen molar-refractivity contribution in [3.05, 3.63) is 22.4 Å². The summed E-state index contributed by atoms with van der Waals surface area (Å²) in [6.07, 6.45) is 1.63. The van der Waals surface area contributed by atoms with Crippen LogP contribution in [0.4, 0.5) is 0 Å². The van der Waals surface area contributed by atoms with Gasteiger partial charge in [0.1, 0.15) is 0 Å². The lowest BCUT2D eigenvalue weighted by molar-refractivity contribution is 0.542. The van der Waals surface area contributed by atoms with Crippen molar-refractivity contribution in [2.75, 3.05) is 12.3 Å². The Labute approximate surface area is 101 Å². The second kappa shape index (κ2) is 4.85. The number of hydrogen-bond acceptors (Lipinski definition) is 4. The molecular formula is C11H17NO2S2. The van der Waals surface area contributed by atoms with Gasteiger partial charge in [-0.3, -0.25) is 0 Å². The molecule has 1 saturated heterocycles. The molecule has 1 fully saturated rings. The Bertz CT molecular complexity index is 425. The molecule has 0 aromatic carbocycles. The molecule has 90 valence electrons. The van der Waals surface area contributed by atoms with Gasteiger partial charge in [0.05, 0.1) is 11.0 Å². The first-order valence-electron chi connectivity index (χ1n) is 5.58. The lowest BCUT2D eigenvalue weighted by Gasteiger charge is -2.15. The van der Waals surface area contributed by atoms with Gasteiger partial charge in [-0.2, -0.15) is 0 Å². The summed E-state index contributed by atoms with van der Waals surface area (Å²) < 4.78 is 23.2. The molecule has 16 heavy (non-hydrogen) atoms. The van der Waals surface area contributed by atoms with Crippen LogP contribution in [0.15, 0.2) is 17.5 Å². The molecule has 1 aromatic rings. The van der Waals surface area contributed by atoms with Gasteiger partial charge in [0.2, 0.25) is 0 Å². The summed E-state index contributed by atoms with van der Waals surface area (Å²) in [5.41, 5.74) is 0. The predicted octanol–water partition coefficient (Wildman–Crippen LogP) is 1.98. The first-order chi connectivity index (χ1) is 7.59. The van der Waals surface area contributed by atoms with E-state index < -0.39 is 9.84 Å². The minimum Gasteiger partial charge on any atom is -0.308 e. The monoisotopic (exact) mass is 259 g/mol. The summed E-state index contributed by atoms with van der Waals surface area (Å²) >= 11 is 1.70. The number of rotatable bonds is 4. The van der Waals surface area contributed by atoms with Crippen molar-refractivity contribution in [1.29, 1.82) is 0 Å². The fourth-order valence-corrected chi connectivity index (χ4v) is 4.57. The van der Waals surface area contributed by atoms with Crippen molar-refractivity contribution >= 4 is 21.2 Å². The summed E-state index contributed by atoms with van der Waals surface area (Å²) in [4.78, 5) is 1.26. The Balaban J connectivity index is 1.88. The van der Waals surface area contributed by atoms with E-state index in [0.717, 1.165) is 12.8 Å². The highest BCUT2D eigenvalue weighted by molar-refractivity contribution is 7.92. The summed E-state index contributed by atoms with van der Waals surface area (Å²) in [6.45, 7) is 2.66. The van der Waals surface area contributed by atoms with Crippen LogP contribution in [-0.2, 0) is 9.84 Å². The molecule has 2 rings (SSSR count). The van der Waals surface area contributed by atoms with Crippen LogP contribution in [0.3, 0.4) is 0 Å². The molecular weight excluding hydrogens is 242 g/mol. The third-order valence-electron chi connectivity index (χ3n) is 3.08. The van der Waals surface area contributed by atoms with Gasteiger partial charge in [-0.1, -0.05) is 6.07 Å². The molecule has 3 nitrogen and oxygen atoms in total. The van der Waals surface area contributed by atoms with Crippen LogP contribution in [0.5, 0.6) is 0 Å². The fourth-order valence-electron chi connectivity index (χ4n) is 2.03. The Kier molecular flexibility index (Phi) is 3.66. The minimum absolute atomic E-state index is 0.171. The van der Waals surface area contributed by atoms with Gasteiger partial charge in [0, 0.05) is 17.5 Å². The third kappa shape index (κ3) is 2.64. The van der Waals surface area contributed by atoms with E-state index in [1.54, 1.807) is 11.3 Å². The highest BCUT2D eigenvalue weighted by Gasteiger charge is 2.31. The molecule has 1 N–H and O–H groups in total. The maximum Gasteiger partial charge on any atom is 0.154 e. The quantitative estimate of drug-likeness (QED) is 0.899. The fraction of sp³-hybridized carbons (Fsp3) is 0.636. The molecule has 2 heterocycles. The maximum atomic E-state index is 11.6. The summed E-state index contributed by atoms with van der Waals surface area (Å²) in [6, 6.07) is 4.34. The summed E-state index contributed by atoms with van der Waals surface area (Å²) in [5.74, 6) is 0.368. The van der Waals surface area contributed by atoms with Crippen LogP contribution in [0.1, 0.15) is 30.7 Å².